The summed E-state index contributed by atoms with van der Waals surface area (Å²) in [5.74, 6) is 0.283. The van der Waals surface area contributed by atoms with Crippen molar-refractivity contribution in [2.75, 3.05) is 13.2 Å². The first-order valence-corrected chi connectivity index (χ1v) is 8.10. The number of benzene rings is 1. The number of rotatable bonds is 1. The lowest BCUT2D eigenvalue weighted by Gasteiger charge is -2.18. The fraction of sp³-hybridized carbons (Fsp3) is 0.278. The Labute approximate surface area is 150 Å². The summed E-state index contributed by atoms with van der Waals surface area (Å²) in [4.78, 5) is 16.7. The van der Waals surface area contributed by atoms with E-state index in [1.165, 1.54) is 35.2 Å². The lowest BCUT2D eigenvalue weighted by molar-refractivity contribution is 0.0947. The molecular formula is C18H19FN4O3. The molecule has 0 saturated carbocycles. The van der Waals surface area contributed by atoms with Crippen LogP contribution in [0, 0.1) is 5.82 Å². The van der Waals surface area contributed by atoms with Crippen molar-refractivity contribution in [3.63, 3.8) is 0 Å². The summed E-state index contributed by atoms with van der Waals surface area (Å²) in [6.07, 6.45) is 2.31. The highest BCUT2D eigenvalue weighted by Crippen LogP contribution is 2.29. The molecule has 1 N–H and O–H groups in total. The Kier molecular flexibility index (Phi) is 5.01. The van der Waals surface area contributed by atoms with Crippen LogP contribution in [0.3, 0.4) is 0 Å². The van der Waals surface area contributed by atoms with E-state index in [0.29, 0.717) is 22.7 Å². The Morgan fingerprint density at radius 2 is 2.27 bits per heavy atom. The number of amides is 1. The molecule has 1 aliphatic rings. The molecule has 0 fully saturated rings. The van der Waals surface area contributed by atoms with Gasteiger partial charge in [-0.3, -0.25) is 9.48 Å². The van der Waals surface area contributed by atoms with Crippen molar-refractivity contribution in [1.82, 2.24) is 15.1 Å². The zero-order chi connectivity index (χ0) is 18.7. The standard InChI is InChI=1S/C18H19FN4O3/c1-4-16-22-17-14(10-21-23(17)3)18(24)20-7-8-25-15-6-5-12(19)9-13(15)11(2)26-16/h4-6,9-11H,1,7-8H2,2-3H3,(H,20,24)/b22-16+. The van der Waals surface area contributed by atoms with Crippen molar-refractivity contribution in [3.8, 4) is 5.75 Å². The van der Waals surface area contributed by atoms with Gasteiger partial charge in [-0.25, -0.2) is 4.39 Å². The minimum atomic E-state index is -0.543. The van der Waals surface area contributed by atoms with E-state index in [9.17, 15) is 9.18 Å². The summed E-state index contributed by atoms with van der Waals surface area (Å²) in [6.45, 7) is 5.95. The van der Waals surface area contributed by atoms with Gasteiger partial charge in [0.2, 0.25) is 5.90 Å². The molecule has 0 bridgehead atoms. The predicted molar refractivity (Wildman–Crippen MR) is 94.2 cm³/mol. The number of halogens is 1. The SMILES string of the molecule is C=C/C1=N\c2c(cnn2C)C(=O)NCCOc2ccc(F)cc2C(C)O1. The van der Waals surface area contributed by atoms with Crippen LogP contribution in [0.5, 0.6) is 5.75 Å². The molecule has 1 aliphatic heterocycles. The van der Waals surface area contributed by atoms with E-state index < -0.39 is 11.9 Å². The maximum absolute atomic E-state index is 13.7. The third-order valence-corrected chi connectivity index (χ3v) is 3.90. The van der Waals surface area contributed by atoms with Gasteiger partial charge < -0.3 is 14.8 Å². The minimum Gasteiger partial charge on any atom is -0.491 e. The van der Waals surface area contributed by atoms with Crippen molar-refractivity contribution in [2.24, 2.45) is 12.0 Å². The Bertz CT molecular complexity index is 875. The van der Waals surface area contributed by atoms with Crippen molar-refractivity contribution in [3.05, 3.63) is 54.0 Å². The number of ether oxygens (including phenoxy) is 2. The van der Waals surface area contributed by atoms with E-state index in [2.05, 4.69) is 22.0 Å². The normalized spacial score (nSPS) is 19.7. The molecule has 0 saturated heterocycles. The maximum atomic E-state index is 13.7. The van der Waals surface area contributed by atoms with E-state index in [0.717, 1.165) is 0 Å². The number of carbonyl (C=O) groups is 1. The van der Waals surface area contributed by atoms with E-state index >= 15 is 0 Å². The average Bonchev–Trinajstić information content (AvgIpc) is 2.98. The number of nitrogens with one attached hydrogen (secondary N) is 1. The van der Waals surface area contributed by atoms with Gasteiger partial charge in [0, 0.05) is 12.6 Å². The van der Waals surface area contributed by atoms with Crippen LogP contribution in [0.1, 0.15) is 28.9 Å². The second-order valence-electron chi connectivity index (χ2n) is 5.71. The number of aromatic nitrogens is 2. The summed E-state index contributed by atoms with van der Waals surface area (Å²) in [7, 11) is 1.67. The fourth-order valence-corrected chi connectivity index (χ4v) is 2.58. The molecule has 1 unspecified atom stereocenters. The molecule has 1 aromatic carbocycles. The van der Waals surface area contributed by atoms with E-state index in [-0.39, 0.29) is 25.0 Å². The molecule has 0 aliphatic carbocycles. The minimum absolute atomic E-state index is 0.185. The number of hydrogen-bond donors (Lipinski definition) is 1. The van der Waals surface area contributed by atoms with Gasteiger partial charge in [0.1, 0.15) is 29.8 Å². The molecule has 2 aromatic rings. The molecule has 2 heterocycles. The highest BCUT2D eigenvalue weighted by molar-refractivity contribution is 6.00. The zero-order valence-corrected chi connectivity index (χ0v) is 14.5. The second-order valence-corrected chi connectivity index (χ2v) is 5.71. The van der Waals surface area contributed by atoms with E-state index in [1.807, 2.05) is 0 Å². The van der Waals surface area contributed by atoms with Crippen LogP contribution in [-0.2, 0) is 11.8 Å². The third kappa shape index (κ3) is 3.58. The van der Waals surface area contributed by atoms with Crippen LogP contribution >= 0.6 is 0 Å². The van der Waals surface area contributed by atoms with Gasteiger partial charge in [-0.05, 0) is 31.2 Å². The molecule has 0 spiro atoms. The molecule has 0 radical (unpaired) electrons. The van der Waals surface area contributed by atoms with Gasteiger partial charge in [-0.15, -0.1) is 0 Å². The van der Waals surface area contributed by atoms with E-state index in [4.69, 9.17) is 9.47 Å². The molecule has 1 atom stereocenters. The van der Waals surface area contributed by atoms with Crippen LogP contribution in [0.2, 0.25) is 0 Å². The molecule has 3 rings (SSSR count). The highest BCUT2D eigenvalue weighted by atomic mass is 19.1. The van der Waals surface area contributed by atoms with Gasteiger partial charge in [0.15, 0.2) is 5.82 Å². The molecule has 7 nitrogen and oxygen atoms in total. The van der Waals surface area contributed by atoms with Crippen LogP contribution in [-0.4, -0.2) is 34.7 Å². The molecule has 136 valence electrons. The van der Waals surface area contributed by atoms with Gasteiger partial charge in [-0.1, -0.05) is 6.58 Å². The Morgan fingerprint density at radius 1 is 1.46 bits per heavy atom. The number of nitrogens with zero attached hydrogens (tertiary/aromatic N) is 3. The quantitative estimate of drug-likeness (QED) is 0.850. The molecule has 26 heavy (non-hydrogen) atoms. The fourth-order valence-electron chi connectivity index (χ4n) is 2.58. The van der Waals surface area contributed by atoms with Crippen LogP contribution in [0.25, 0.3) is 0 Å². The Hall–Kier alpha value is -3.16. The smallest absolute Gasteiger partial charge is 0.256 e. The first-order chi connectivity index (χ1) is 12.5. The molecule has 8 heteroatoms. The van der Waals surface area contributed by atoms with Gasteiger partial charge in [0.05, 0.1) is 12.7 Å². The van der Waals surface area contributed by atoms with Crippen LogP contribution in [0.15, 0.2) is 42.0 Å². The molecular weight excluding hydrogens is 339 g/mol. The number of carbonyl (C=O) groups excluding carboxylic acids is 1. The number of fused-ring (bicyclic) bond motifs is 2. The van der Waals surface area contributed by atoms with Gasteiger partial charge >= 0.3 is 0 Å². The van der Waals surface area contributed by atoms with Gasteiger partial charge in [-0.2, -0.15) is 10.1 Å². The summed E-state index contributed by atoms with van der Waals surface area (Å²) in [6, 6.07) is 4.20. The maximum Gasteiger partial charge on any atom is 0.256 e. The zero-order valence-electron chi connectivity index (χ0n) is 14.5. The van der Waals surface area contributed by atoms with Crippen molar-refractivity contribution in [2.45, 2.75) is 13.0 Å². The van der Waals surface area contributed by atoms with Crippen molar-refractivity contribution < 1.29 is 18.7 Å². The molecule has 1 amide bonds. The van der Waals surface area contributed by atoms with Crippen LogP contribution < -0.4 is 10.1 Å². The van der Waals surface area contributed by atoms with Crippen molar-refractivity contribution >= 4 is 17.6 Å². The first kappa shape index (κ1) is 17.7. The predicted octanol–water partition coefficient (Wildman–Crippen LogP) is 2.68. The number of aliphatic imine (C=N–C) groups is 1. The lowest BCUT2D eigenvalue weighted by atomic mass is 10.1. The summed E-state index contributed by atoms with van der Waals surface area (Å²) in [5.41, 5.74) is 0.848. The summed E-state index contributed by atoms with van der Waals surface area (Å²) >= 11 is 0. The Balaban J connectivity index is 2.05. The summed E-state index contributed by atoms with van der Waals surface area (Å²) < 4.78 is 26.7. The molecule has 1 aromatic heterocycles. The number of hydrogen-bond acceptors (Lipinski definition) is 5. The highest BCUT2D eigenvalue weighted by Gasteiger charge is 2.20. The monoisotopic (exact) mass is 358 g/mol. The summed E-state index contributed by atoms with van der Waals surface area (Å²) in [5, 5.41) is 6.82. The third-order valence-electron chi connectivity index (χ3n) is 3.90. The largest absolute Gasteiger partial charge is 0.491 e. The topological polar surface area (TPSA) is 77.7 Å². The Morgan fingerprint density at radius 3 is 3.04 bits per heavy atom. The van der Waals surface area contributed by atoms with Gasteiger partial charge in [0.25, 0.3) is 5.91 Å². The van der Waals surface area contributed by atoms with Crippen molar-refractivity contribution in [1.29, 1.82) is 0 Å². The second kappa shape index (κ2) is 7.38. The first-order valence-electron chi connectivity index (χ1n) is 8.10. The lowest BCUT2D eigenvalue weighted by Crippen LogP contribution is -2.28. The average molecular weight is 358 g/mol. The van der Waals surface area contributed by atoms with E-state index in [1.54, 1.807) is 14.0 Å². The van der Waals surface area contributed by atoms with Crippen LogP contribution in [0.4, 0.5) is 10.2 Å². The number of aryl methyl sites for hydroxylation is 1.